The second-order valence-corrected chi connectivity index (χ2v) is 4.71. The first-order chi connectivity index (χ1) is 9.58. The van der Waals surface area contributed by atoms with Gasteiger partial charge in [0, 0.05) is 12.1 Å². The number of benzene rings is 1. The molecule has 0 aliphatic carbocycles. The molecule has 2 rings (SSSR count). The van der Waals surface area contributed by atoms with Gasteiger partial charge in [0.2, 0.25) is 0 Å². The number of rotatable bonds is 5. The molecular formula is C15H17FN2O2. The van der Waals surface area contributed by atoms with Crippen molar-refractivity contribution < 1.29 is 13.6 Å². The Labute approximate surface area is 117 Å². The van der Waals surface area contributed by atoms with Crippen LogP contribution in [0.5, 0.6) is 0 Å². The van der Waals surface area contributed by atoms with E-state index in [1.54, 1.807) is 6.26 Å². The highest BCUT2D eigenvalue weighted by Crippen LogP contribution is 2.17. The predicted octanol–water partition coefficient (Wildman–Crippen LogP) is 2.45. The van der Waals surface area contributed by atoms with Gasteiger partial charge in [-0.15, -0.1) is 0 Å². The third kappa shape index (κ3) is 3.45. The van der Waals surface area contributed by atoms with E-state index in [9.17, 15) is 9.18 Å². The molecule has 1 aromatic carbocycles. The second kappa shape index (κ2) is 6.34. The molecule has 2 aromatic rings. The van der Waals surface area contributed by atoms with Crippen molar-refractivity contribution in [1.82, 2.24) is 10.2 Å². The second-order valence-electron chi connectivity index (χ2n) is 4.71. The Kier molecular flexibility index (Phi) is 4.53. The molecule has 0 spiro atoms. The summed E-state index contributed by atoms with van der Waals surface area (Å²) in [6, 6.07) is 9.09. The zero-order valence-corrected chi connectivity index (χ0v) is 11.5. The predicted molar refractivity (Wildman–Crippen MR) is 73.9 cm³/mol. The van der Waals surface area contributed by atoms with Crippen LogP contribution in [0.1, 0.15) is 22.2 Å². The van der Waals surface area contributed by atoms with E-state index in [0.29, 0.717) is 12.1 Å². The fraction of sp³-hybridized carbons (Fsp3) is 0.267. The smallest absolute Gasteiger partial charge is 0.251 e. The molecule has 0 saturated carbocycles. The molecule has 0 fully saturated rings. The number of nitrogens with one attached hydrogen (secondary N) is 1. The molecule has 0 saturated heterocycles. The van der Waals surface area contributed by atoms with Crippen molar-refractivity contribution in [3.63, 3.8) is 0 Å². The number of hydrogen-bond donors (Lipinski definition) is 1. The molecule has 20 heavy (non-hydrogen) atoms. The highest BCUT2D eigenvalue weighted by Gasteiger charge is 2.18. The monoisotopic (exact) mass is 276 g/mol. The number of nitrogens with zero attached hydrogens (tertiary/aromatic N) is 1. The van der Waals surface area contributed by atoms with Gasteiger partial charge in [0.15, 0.2) is 0 Å². The number of hydrogen-bond acceptors (Lipinski definition) is 3. The lowest BCUT2D eigenvalue weighted by Crippen LogP contribution is -2.34. The average molecular weight is 276 g/mol. The van der Waals surface area contributed by atoms with Crippen molar-refractivity contribution in [2.75, 3.05) is 20.6 Å². The van der Waals surface area contributed by atoms with Crippen molar-refractivity contribution in [2.24, 2.45) is 0 Å². The molecule has 106 valence electrons. The summed E-state index contributed by atoms with van der Waals surface area (Å²) < 4.78 is 18.2. The highest BCUT2D eigenvalue weighted by molar-refractivity contribution is 5.94. The third-order valence-corrected chi connectivity index (χ3v) is 3.06. The van der Waals surface area contributed by atoms with Crippen LogP contribution in [0.4, 0.5) is 4.39 Å². The maximum Gasteiger partial charge on any atom is 0.251 e. The van der Waals surface area contributed by atoms with Gasteiger partial charge < -0.3 is 9.73 Å². The Balaban J connectivity index is 1.99. The van der Waals surface area contributed by atoms with Crippen LogP contribution in [-0.2, 0) is 0 Å². The molecule has 1 heterocycles. The van der Waals surface area contributed by atoms with Crippen LogP contribution < -0.4 is 5.32 Å². The quantitative estimate of drug-likeness (QED) is 0.912. The summed E-state index contributed by atoms with van der Waals surface area (Å²) in [5.74, 6) is 0.195. The summed E-state index contributed by atoms with van der Waals surface area (Å²) in [4.78, 5) is 13.9. The van der Waals surface area contributed by atoms with Crippen LogP contribution >= 0.6 is 0 Å². The Hall–Kier alpha value is -2.14. The number of furan rings is 1. The number of carbonyl (C=O) groups is 1. The first-order valence-corrected chi connectivity index (χ1v) is 6.31. The fourth-order valence-electron chi connectivity index (χ4n) is 1.91. The summed E-state index contributed by atoms with van der Waals surface area (Å²) >= 11 is 0. The molecule has 0 radical (unpaired) electrons. The minimum atomic E-state index is -0.358. The lowest BCUT2D eigenvalue weighted by Gasteiger charge is -2.22. The molecule has 0 bridgehead atoms. The molecule has 5 heteroatoms. The summed E-state index contributed by atoms with van der Waals surface area (Å²) in [6.07, 6.45) is 1.60. The van der Waals surface area contributed by atoms with E-state index in [-0.39, 0.29) is 17.8 Å². The number of halogens is 1. The van der Waals surface area contributed by atoms with E-state index in [4.69, 9.17) is 4.42 Å². The van der Waals surface area contributed by atoms with E-state index in [1.807, 2.05) is 31.1 Å². The van der Waals surface area contributed by atoms with E-state index in [2.05, 4.69) is 5.32 Å². The van der Waals surface area contributed by atoms with Crippen LogP contribution in [0.25, 0.3) is 0 Å². The standard InChI is InChI=1S/C15H17FN2O2/c1-18(2)13(14-4-3-9-20-14)10-17-15(19)11-5-7-12(16)8-6-11/h3-9,13H,10H2,1-2H3,(H,17,19)/t13-/m0/s1. The molecule has 0 aliphatic heterocycles. The minimum Gasteiger partial charge on any atom is -0.468 e. The van der Waals surface area contributed by atoms with E-state index in [0.717, 1.165) is 5.76 Å². The van der Waals surface area contributed by atoms with E-state index < -0.39 is 0 Å². The highest BCUT2D eigenvalue weighted by atomic mass is 19.1. The van der Waals surface area contributed by atoms with Gasteiger partial charge in [0.25, 0.3) is 5.91 Å². The number of amides is 1. The van der Waals surface area contributed by atoms with Crippen molar-refractivity contribution in [2.45, 2.75) is 6.04 Å². The maximum atomic E-state index is 12.8. The van der Waals surface area contributed by atoms with E-state index >= 15 is 0 Å². The zero-order valence-electron chi connectivity index (χ0n) is 11.5. The molecule has 4 nitrogen and oxygen atoms in total. The molecule has 1 aromatic heterocycles. The van der Waals surface area contributed by atoms with Gasteiger partial charge in [0.1, 0.15) is 11.6 Å². The summed E-state index contributed by atoms with van der Waals surface area (Å²) in [5, 5.41) is 2.83. The van der Waals surface area contributed by atoms with Crippen molar-refractivity contribution in [3.8, 4) is 0 Å². The normalized spacial score (nSPS) is 12.4. The van der Waals surface area contributed by atoms with Crippen LogP contribution in [-0.4, -0.2) is 31.4 Å². The van der Waals surface area contributed by atoms with Crippen LogP contribution in [0.15, 0.2) is 47.1 Å². The molecule has 0 unspecified atom stereocenters. The first kappa shape index (κ1) is 14.3. The van der Waals surface area contributed by atoms with Crippen molar-refractivity contribution in [1.29, 1.82) is 0 Å². The Morgan fingerprint density at radius 1 is 1.30 bits per heavy atom. The van der Waals surface area contributed by atoms with Gasteiger partial charge in [-0.2, -0.15) is 0 Å². The molecule has 1 amide bonds. The molecule has 0 aliphatic rings. The van der Waals surface area contributed by atoms with Gasteiger partial charge in [-0.25, -0.2) is 4.39 Å². The summed E-state index contributed by atoms with van der Waals surface area (Å²) in [7, 11) is 3.83. The fourth-order valence-corrected chi connectivity index (χ4v) is 1.91. The molecular weight excluding hydrogens is 259 g/mol. The Morgan fingerprint density at radius 2 is 2.00 bits per heavy atom. The Bertz CT molecular complexity index is 550. The van der Waals surface area contributed by atoms with Gasteiger partial charge in [-0.1, -0.05) is 0 Å². The number of likely N-dealkylation sites (N-methyl/N-ethyl adjacent to an activating group) is 1. The van der Waals surface area contributed by atoms with Crippen LogP contribution in [0.3, 0.4) is 0 Å². The van der Waals surface area contributed by atoms with E-state index in [1.165, 1.54) is 24.3 Å². The maximum absolute atomic E-state index is 12.8. The van der Waals surface area contributed by atoms with Crippen molar-refractivity contribution >= 4 is 5.91 Å². The minimum absolute atomic E-state index is 0.0469. The van der Waals surface area contributed by atoms with Gasteiger partial charge in [-0.3, -0.25) is 9.69 Å². The summed E-state index contributed by atoms with van der Waals surface area (Å²) in [6.45, 7) is 0.413. The largest absolute Gasteiger partial charge is 0.468 e. The Morgan fingerprint density at radius 3 is 2.55 bits per heavy atom. The van der Waals surface area contributed by atoms with Gasteiger partial charge in [-0.05, 0) is 50.5 Å². The first-order valence-electron chi connectivity index (χ1n) is 6.31. The lowest BCUT2D eigenvalue weighted by molar-refractivity contribution is 0.0939. The number of carbonyl (C=O) groups excluding carboxylic acids is 1. The molecule has 1 N–H and O–H groups in total. The lowest BCUT2D eigenvalue weighted by atomic mass is 10.1. The summed E-state index contributed by atoms with van der Waals surface area (Å²) in [5.41, 5.74) is 0.434. The molecule has 1 atom stereocenters. The SMILES string of the molecule is CN(C)[C@@H](CNC(=O)c1ccc(F)cc1)c1ccco1. The van der Waals surface area contributed by atoms with Gasteiger partial charge in [0.05, 0.1) is 12.3 Å². The average Bonchev–Trinajstić information content (AvgIpc) is 2.93. The van der Waals surface area contributed by atoms with Crippen molar-refractivity contribution in [3.05, 3.63) is 59.8 Å². The van der Waals surface area contributed by atoms with Gasteiger partial charge >= 0.3 is 0 Å². The topological polar surface area (TPSA) is 45.5 Å². The van der Waals surface area contributed by atoms with Crippen LogP contribution in [0, 0.1) is 5.82 Å². The third-order valence-electron chi connectivity index (χ3n) is 3.06. The zero-order chi connectivity index (χ0) is 14.5. The van der Waals surface area contributed by atoms with Crippen LogP contribution in [0.2, 0.25) is 0 Å².